The van der Waals surface area contributed by atoms with Crippen LogP contribution < -0.4 is 0 Å². The zero-order valence-electron chi connectivity index (χ0n) is 11.0. The smallest absolute Gasteiger partial charge is 0.150 e. The number of hydrogen-bond donors (Lipinski definition) is 0. The number of hydrogen-bond acceptors (Lipinski definition) is 3. The van der Waals surface area contributed by atoms with Crippen LogP contribution in [0.4, 0.5) is 4.39 Å². The monoisotopic (exact) mass is 344 g/mol. The van der Waals surface area contributed by atoms with E-state index in [2.05, 4.69) is 0 Å². The SMILES string of the molecule is CSc1ccc(C=O)cc1Cl.O=Cc1ccc(F)c(Cl)c1. The first-order valence-corrected chi connectivity index (χ1v) is 7.68. The highest BCUT2D eigenvalue weighted by atomic mass is 35.5. The molecular formula is C15H11Cl2FO2S. The first kappa shape index (κ1) is 17.7. The summed E-state index contributed by atoms with van der Waals surface area (Å²) >= 11 is 12.8. The zero-order chi connectivity index (χ0) is 15.8. The average Bonchev–Trinajstić information content (AvgIpc) is 2.50. The molecule has 0 N–H and O–H groups in total. The molecule has 0 radical (unpaired) electrons. The summed E-state index contributed by atoms with van der Waals surface area (Å²) in [7, 11) is 0. The summed E-state index contributed by atoms with van der Waals surface area (Å²) in [5.41, 5.74) is 0.999. The second-order valence-electron chi connectivity index (χ2n) is 3.80. The molecule has 0 aromatic heterocycles. The highest BCUT2D eigenvalue weighted by Gasteiger charge is 1.99. The lowest BCUT2D eigenvalue weighted by Gasteiger charge is -1.98. The fourth-order valence-corrected chi connectivity index (χ4v) is 2.41. The van der Waals surface area contributed by atoms with Gasteiger partial charge in [-0.1, -0.05) is 29.3 Å². The summed E-state index contributed by atoms with van der Waals surface area (Å²) in [5, 5.41) is 0.617. The molecule has 0 fully saturated rings. The summed E-state index contributed by atoms with van der Waals surface area (Å²) < 4.78 is 12.4. The first-order chi connectivity index (χ1) is 10.0. The number of carbonyl (C=O) groups excluding carboxylic acids is 2. The molecule has 0 saturated heterocycles. The minimum Gasteiger partial charge on any atom is -0.298 e. The van der Waals surface area contributed by atoms with Gasteiger partial charge in [0.2, 0.25) is 0 Å². The Morgan fingerprint density at radius 1 is 0.952 bits per heavy atom. The van der Waals surface area contributed by atoms with E-state index >= 15 is 0 Å². The van der Waals surface area contributed by atoms with Crippen molar-refractivity contribution in [3.63, 3.8) is 0 Å². The Morgan fingerprint density at radius 2 is 1.48 bits per heavy atom. The Balaban J connectivity index is 0.000000211. The standard InChI is InChI=1S/C8H7ClOS.C7H4ClFO/c1-11-8-3-2-6(5-10)4-7(8)9;8-6-3-5(4-10)1-2-7(6)9/h2-5H,1H3;1-4H. The number of carbonyl (C=O) groups is 2. The highest BCUT2D eigenvalue weighted by Crippen LogP contribution is 2.25. The van der Waals surface area contributed by atoms with Gasteiger partial charge in [0, 0.05) is 16.0 Å². The Kier molecular flexibility index (Phi) is 7.43. The van der Waals surface area contributed by atoms with Crippen molar-refractivity contribution in [2.75, 3.05) is 6.26 Å². The van der Waals surface area contributed by atoms with E-state index in [0.29, 0.717) is 22.4 Å². The van der Waals surface area contributed by atoms with Gasteiger partial charge in [-0.25, -0.2) is 4.39 Å². The average molecular weight is 345 g/mol. The Bertz CT molecular complexity index is 648. The lowest BCUT2D eigenvalue weighted by atomic mass is 10.2. The summed E-state index contributed by atoms with van der Waals surface area (Å²) in [6.45, 7) is 0. The molecule has 2 rings (SSSR count). The van der Waals surface area contributed by atoms with E-state index < -0.39 is 5.82 Å². The van der Waals surface area contributed by atoms with Gasteiger partial charge in [0.1, 0.15) is 18.4 Å². The maximum absolute atomic E-state index is 12.4. The minimum absolute atomic E-state index is 0.0235. The number of aldehydes is 2. The van der Waals surface area contributed by atoms with E-state index in [1.165, 1.54) is 12.1 Å². The van der Waals surface area contributed by atoms with Crippen molar-refractivity contribution in [2.45, 2.75) is 4.90 Å². The summed E-state index contributed by atoms with van der Waals surface area (Å²) in [5.74, 6) is -0.507. The van der Waals surface area contributed by atoms with Crippen LogP contribution in [0.2, 0.25) is 10.0 Å². The van der Waals surface area contributed by atoms with Crippen molar-refractivity contribution < 1.29 is 14.0 Å². The maximum atomic E-state index is 12.4. The van der Waals surface area contributed by atoms with Crippen molar-refractivity contribution in [3.05, 3.63) is 63.4 Å². The number of thioether (sulfide) groups is 1. The molecule has 0 amide bonds. The summed E-state index contributed by atoms with van der Waals surface area (Å²) in [6.07, 6.45) is 3.35. The molecule has 0 aliphatic carbocycles. The molecule has 0 atom stereocenters. The lowest BCUT2D eigenvalue weighted by Crippen LogP contribution is -1.81. The predicted octanol–water partition coefficient (Wildman–Crippen LogP) is 5.17. The number of halogens is 3. The lowest BCUT2D eigenvalue weighted by molar-refractivity contribution is 0.111. The summed E-state index contributed by atoms with van der Waals surface area (Å²) in [4.78, 5) is 21.4. The van der Waals surface area contributed by atoms with Gasteiger partial charge in [0.05, 0.1) is 10.0 Å². The van der Waals surface area contributed by atoms with Crippen LogP contribution in [0.3, 0.4) is 0 Å². The van der Waals surface area contributed by atoms with Gasteiger partial charge >= 0.3 is 0 Å². The third kappa shape index (κ3) is 5.50. The molecule has 6 heteroatoms. The van der Waals surface area contributed by atoms with E-state index in [-0.39, 0.29) is 5.02 Å². The van der Waals surface area contributed by atoms with Gasteiger partial charge < -0.3 is 0 Å². The Labute approximate surface area is 136 Å². The quantitative estimate of drug-likeness (QED) is 0.569. The molecule has 21 heavy (non-hydrogen) atoms. The molecule has 110 valence electrons. The van der Waals surface area contributed by atoms with Gasteiger partial charge in [-0.3, -0.25) is 9.59 Å². The zero-order valence-corrected chi connectivity index (χ0v) is 13.3. The first-order valence-electron chi connectivity index (χ1n) is 5.70. The maximum Gasteiger partial charge on any atom is 0.150 e. The molecule has 0 heterocycles. The van der Waals surface area contributed by atoms with Crippen LogP contribution in [-0.2, 0) is 0 Å². The number of benzene rings is 2. The van der Waals surface area contributed by atoms with Gasteiger partial charge in [0.15, 0.2) is 0 Å². The molecular weight excluding hydrogens is 334 g/mol. The van der Waals surface area contributed by atoms with E-state index in [4.69, 9.17) is 23.2 Å². The third-order valence-electron chi connectivity index (χ3n) is 2.39. The largest absolute Gasteiger partial charge is 0.298 e. The number of rotatable bonds is 3. The van der Waals surface area contributed by atoms with Crippen molar-refractivity contribution in [2.24, 2.45) is 0 Å². The molecule has 2 aromatic rings. The molecule has 2 nitrogen and oxygen atoms in total. The van der Waals surface area contributed by atoms with Gasteiger partial charge in [0.25, 0.3) is 0 Å². The molecule has 0 aliphatic rings. The van der Waals surface area contributed by atoms with Crippen molar-refractivity contribution in [3.8, 4) is 0 Å². The second-order valence-corrected chi connectivity index (χ2v) is 5.47. The van der Waals surface area contributed by atoms with Gasteiger partial charge in [-0.15, -0.1) is 11.8 Å². The minimum atomic E-state index is -0.507. The van der Waals surface area contributed by atoms with Crippen LogP contribution in [0.15, 0.2) is 41.3 Å². The van der Waals surface area contributed by atoms with Crippen molar-refractivity contribution in [1.29, 1.82) is 0 Å². The molecule has 0 spiro atoms. The van der Waals surface area contributed by atoms with Crippen molar-refractivity contribution >= 4 is 47.5 Å². The third-order valence-corrected chi connectivity index (χ3v) is 3.90. The topological polar surface area (TPSA) is 34.1 Å². The van der Waals surface area contributed by atoms with Crippen LogP contribution >= 0.6 is 35.0 Å². The van der Waals surface area contributed by atoms with Crippen LogP contribution in [-0.4, -0.2) is 18.8 Å². The van der Waals surface area contributed by atoms with E-state index in [9.17, 15) is 14.0 Å². The van der Waals surface area contributed by atoms with Crippen molar-refractivity contribution in [1.82, 2.24) is 0 Å². The normalized spacial score (nSPS) is 9.52. The molecule has 0 unspecified atom stereocenters. The van der Waals surface area contributed by atoms with Gasteiger partial charge in [-0.05, 0) is 36.6 Å². The highest BCUT2D eigenvalue weighted by molar-refractivity contribution is 7.98. The van der Waals surface area contributed by atoms with Crippen LogP contribution in [0.5, 0.6) is 0 Å². The van der Waals surface area contributed by atoms with E-state index in [1.807, 2.05) is 12.3 Å². The Morgan fingerprint density at radius 3 is 1.90 bits per heavy atom. The molecule has 0 saturated carbocycles. The predicted molar refractivity (Wildman–Crippen MR) is 85.4 cm³/mol. The fraction of sp³-hybridized carbons (Fsp3) is 0.0667. The van der Waals surface area contributed by atoms with Crippen LogP contribution in [0.1, 0.15) is 20.7 Å². The van der Waals surface area contributed by atoms with E-state index in [0.717, 1.165) is 17.2 Å². The Hall–Kier alpha value is -1.36. The summed E-state index contributed by atoms with van der Waals surface area (Å²) in [6, 6.07) is 9.08. The molecule has 0 bridgehead atoms. The van der Waals surface area contributed by atoms with E-state index in [1.54, 1.807) is 23.9 Å². The van der Waals surface area contributed by atoms with Crippen LogP contribution in [0.25, 0.3) is 0 Å². The molecule has 0 aliphatic heterocycles. The van der Waals surface area contributed by atoms with Gasteiger partial charge in [-0.2, -0.15) is 0 Å². The fourth-order valence-electron chi connectivity index (χ4n) is 1.34. The van der Waals surface area contributed by atoms with Crippen LogP contribution in [0, 0.1) is 5.82 Å². The second kappa shape index (κ2) is 8.82. The molecule has 2 aromatic carbocycles.